The number of carbonyl (C=O) groups is 1. The van der Waals surface area contributed by atoms with Crippen molar-refractivity contribution in [3.8, 4) is 0 Å². The largest absolute Gasteiger partial charge is 0.433 e. The molecule has 0 spiro atoms. The van der Waals surface area contributed by atoms with Gasteiger partial charge in [0.25, 0.3) is 0 Å². The van der Waals surface area contributed by atoms with Crippen LogP contribution in [0.1, 0.15) is 19.5 Å². The highest BCUT2D eigenvalue weighted by Gasteiger charge is 2.33. The molecule has 0 N–H and O–H groups in total. The third kappa shape index (κ3) is 4.56. The smallest absolute Gasteiger partial charge is 0.342 e. The van der Waals surface area contributed by atoms with Crippen molar-refractivity contribution in [1.29, 1.82) is 0 Å². The Balaban J connectivity index is 1.92. The van der Waals surface area contributed by atoms with E-state index in [1.807, 2.05) is 18.7 Å². The van der Waals surface area contributed by atoms with Gasteiger partial charge in [0.2, 0.25) is 11.9 Å². The van der Waals surface area contributed by atoms with Gasteiger partial charge in [0.05, 0.1) is 6.54 Å². The molecule has 1 fully saturated rings. The second kappa shape index (κ2) is 7.78. The summed E-state index contributed by atoms with van der Waals surface area (Å²) in [7, 11) is 0. The highest BCUT2D eigenvalue weighted by molar-refractivity contribution is 5.78. The first-order valence-electron chi connectivity index (χ1n) is 8.00. The summed E-state index contributed by atoms with van der Waals surface area (Å²) in [6.07, 6.45) is -3.35. The molecule has 0 bridgehead atoms. The fourth-order valence-electron chi connectivity index (χ4n) is 2.63. The van der Waals surface area contributed by atoms with E-state index in [9.17, 15) is 18.0 Å². The molecular formula is C15H22F3N5O. The third-order valence-electron chi connectivity index (χ3n) is 4.06. The molecule has 24 heavy (non-hydrogen) atoms. The molecule has 1 aromatic heterocycles. The van der Waals surface area contributed by atoms with E-state index >= 15 is 0 Å². The normalized spacial score (nSPS) is 16.3. The standard InChI is InChI=1S/C15H22F3N5O/c1-3-22(4-2)13(24)11-21-7-9-23(10-8-21)14-19-6-5-12(20-14)15(16,17)18/h5-6H,3-4,7-11H2,1-2H3. The average Bonchev–Trinajstić information content (AvgIpc) is 2.56. The second-order valence-corrected chi connectivity index (χ2v) is 5.57. The van der Waals surface area contributed by atoms with Crippen LogP contribution >= 0.6 is 0 Å². The van der Waals surface area contributed by atoms with Crippen LogP contribution in [0.3, 0.4) is 0 Å². The fourth-order valence-corrected chi connectivity index (χ4v) is 2.63. The van der Waals surface area contributed by atoms with Crippen LogP contribution in [0, 0.1) is 0 Å². The van der Waals surface area contributed by atoms with Gasteiger partial charge in [-0.25, -0.2) is 9.97 Å². The van der Waals surface area contributed by atoms with Gasteiger partial charge in [-0.15, -0.1) is 0 Å². The molecule has 2 heterocycles. The van der Waals surface area contributed by atoms with Crippen LogP contribution in [0.4, 0.5) is 19.1 Å². The lowest BCUT2D eigenvalue weighted by atomic mass is 10.3. The summed E-state index contributed by atoms with van der Waals surface area (Å²) in [5.74, 6) is 0.156. The Hall–Kier alpha value is -1.90. The zero-order valence-electron chi connectivity index (χ0n) is 13.9. The maximum absolute atomic E-state index is 12.7. The molecule has 134 valence electrons. The summed E-state index contributed by atoms with van der Waals surface area (Å²) in [5, 5.41) is 0. The lowest BCUT2D eigenvalue weighted by Crippen LogP contribution is -2.50. The van der Waals surface area contributed by atoms with Crippen LogP contribution in [-0.2, 0) is 11.0 Å². The van der Waals surface area contributed by atoms with Crippen molar-refractivity contribution in [2.75, 3.05) is 50.7 Å². The number of likely N-dealkylation sites (N-methyl/N-ethyl adjacent to an activating group) is 1. The minimum atomic E-state index is -4.48. The summed E-state index contributed by atoms with van der Waals surface area (Å²) in [6, 6.07) is 0.864. The first-order valence-corrected chi connectivity index (χ1v) is 8.00. The van der Waals surface area contributed by atoms with E-state index in [1.54, 1.807) is 9.80 Å². The lowest BCUT2D eigenvalue weighted by Gasteiger charge is -2.35. The highest BCUT2D eigenvalue weighted by Crippen LogP contribution is 2.28. The molecular weight excluding hydrogens is 323 g/mol. The zero-order chi connectivity index (χ0) is 17.7. The molecule has 1 amide bonds. The van der Waals surface area contributed by atoms with E-state index in [0.29, 0.717) is 45.8 Å². The van der Waals surface area contributed by atoms with E-state index in [2.05, 4.69) is 9.97 Å². The van der Waals surface area contributed by atoms with Gasteiger partial charge in [0, 0.05) is 45.5 Å². The van der Waals surface area contributed by atoms with Gasteiger partial charge in [-0.2, -0.15) is 13.2 Å². The number of amides is 1. The number of alkyl halides is 3. The monoisotopic (exact) mass is 345 g/mol. The minimum absolute atomic E-state index is 0.0729. The molecule has 6 nitrogen and oxygen atoms in total. The first-order chi connectivity index (χ1) is 11.3. The van der Waals surface area contributed by atoms with Crippen LogP contribution in [0.2, 0.25) is 0 Å². The van der Waals surface area contributed by atoms with E-state index in [-0.39, 0.29) is 11.9 Å². The van der Waals surface area contributed by atoms with Crippen molar-refractivity contribution in [1.82, 2.24) is 19.8 Å². The Morgan fingerprint density at radius 3 is 2.38 bits per heavy atom. The van der Waals surface area contributed by atoms with Gasteiger partial charge in [0.1, 0.15) is 5.69 Å². The Bertz CT molecular complexity index is 554. The average molecular weight is 345 g/mol. The molecule has 1 aliphatic rings. The number of anilines is 1. The number of nitrogens with zero attached hydrogens (tertiary/aromatic N) is 5. The fraction of sp³-hybridized carbons (Fsp3) is 0.667. The molecule has 1 saturated heterocycles. The van der Waals surface area contributed by atoms with Gasteiger partial charge < -0.3 is 9.80 Å². The number of carbonyl (C=O) groups excluding carboxylic acids is 1. The van der Waals surface area contributed by atoms with Crippen LogP contribution in [0.5, 0.6) is 0 Å². The molecule has 9 heteroatoms. The molecule has 0 unspecified atom stereocenters. The second-order valence-electron chi connectivity index (χ2n) is 5.57. The van der Waals surface area contributed by atoms with Gasteiger partial charge in [-0.1, -0.05) is 0 Å². The number of hydrogen-bond acceptors (Lipinski definition) is 5. The lowest BCUT2D eigenvalue weighted by molar-refractivity contribution is -0.141. The number of halogens is 3. The molecule has 0 radical (unpaired) electrons. The first kappa shape index (κ1) is 18.4. The zero-order valence-corrected chi connectivity index (χ0v) is 13.9. The van der Waals surface area contributed by atoms with E-state index in [0.717, 1.165) is 12.3 Å². The van der Waals surface area contributed by atoms with Gasteiger partial charge in [0.15, 0.2) is 0 Å². The van der Waals surface area contributed by atoms with E-state index in [1.165, 1.54) is 0 Å². The summed E-state index contributed by atoms with van der Waals surface area (Å²) in [4.78, 5) is 25.1. The van der Waals surface area contributed by atoms with Crippen molar-refractivity contribution in [3.05, 3.63) is 18.0 Å². The topological polar surface area (TPSA) is 52.6 Å². The molecule has 1 aromatic rings. The molecule has 0 saturated carbocycles. The van der Waals surface area contributed by atoms with Crippen molar-refractivity contribution in [2.24, 2.45) is 0 Å². The van der Waals surface area contributed by atoms with E-state index in [4.69, 9.17) is 0 Å². The number of rotatable bonds is 5. The molecule has 1 aliphatic heterocycles. The highest BCUT2D eigenvalue weighted by atomic mass is 19.4. The van der Waals surface area contributed by atoms with Crippen LogP contribution in [0.15, 0.2) is 12.3 Å². The number of aromatic nitrogens is 2. The predicted octanol–water partition coefficient (Wildman–Crippen LogP) is 1.49. The Morgan fingerprint density at radius 2 is 1.83 bits per heavy atom. The summed E-state index contributed by atoms with van der Waals surface area (Å²) in [5.41, 5.74) is -0.938. The van der Waals surface area contributed by atoms with Crippen LogP contribution < -0.4 is 4.90 Å². The third-order valence-corrected chi connectivity index (χ3v) is 4.06. The molecule has 0 atom stereocenters. The van der Waals surface area contributed by atoms with Gasteiger partial charge in [-0.3, -0.25) is 9.69 Å². The molecule has 2 rings (SSSR count). The summed E-state index contributed by atoms with van der Waals surface area (Å²) >= 11 is 0. The number of piperazine rings is 1. The van der Waals surface area contributed by atoms with E-state index < -0.39 is 11.9 Å². The number of hydrogen-bond donors (Lipinski definition) is 0. The molecule has 0 aliphatic carbocycles. The maximum Gasteiger partial charge on any atom is 0.433 e. The minimum Gasteiger partial charge on any atom is -0.342 e. The van der Waals surface area contributed by atoms with Gasteiger partial charge in [-0.05, 0) is 19.9 Å². The predicted molar refractivity (Wildman–Crippen MR) is 83.6 cm³/mol. The van der Waals surface area contributed by atoms with Crippen molar-refractivity contribution < 1.29 is 18.0 Å². The molecule has 0 aromatic carbocycles. The van der Waals surface area contributed by atoms with Crippen LogP contribution in [0.25, 0.3) is 0 Å². The van der Waals surface area contributed by atoms with Crippen molar-refractivity contribution in [2.45, 2.75) is 20.0 Å². The van der Waals surface area contributed by atoms with Crippen molar-refractivity contribution >= 4 is 11.9 Å². The Morgan fingerprint density at radius 1 is 1.21 bits per heavy atom. The van der Waals surface area contributed by atoms with Crippen molar-refractivity contribution in [3.63, 3.8) is 0 Å². The van der Waals surface area contributed by atoms with Crippen LogP contribution in [-0.4, -0.2) is 71.5 Å². The quantitative estimate of drug-likeness (QED) is 0.809. The SMILES string of the molecule is CCN(CC)C(=O)CN1CCN(c2nccc(C(F)(F)F)n2)CC1. The summed E-state index contributed by atoms with van der Waals surface area (Å²) < 4.78 is 38.2. The maximum atomic E-state index is 12.7. The summed E-state index contributed by atoms with van der Waals surface area (Å²) in [6.45, 7) is 7.72. The van der Waals surface area contributed by atoms with Gasteiger partial charge >= 0.3 is 6.18 Å². The Kier molecular flexibility index (Phi) is 5.98. The Labute approximate surface area is 139 Å².